The summed E-state index contributed by atoms with van der Waals surface area (Å²) < 4.78 is 49.5. The molecule has 0 amide bonds. The van der Waals surface area contributed by atoms with Gasteiger partial charge in [0.25, 0.3) is 0 Å². The first kappa shape index (κ1) is 31.8. The molecule has 12 heteroatoms. The number of likely N-dealkylation sites (tertiary alicyclic amines) is 1. The van der Waals surface area contributed by atoms with Gasteiger partial charge >= 0.3 is 6.18 Å². The van der Waals surface area contributed by atoms with E-state index in [-0.39, 0.29) is 24.9 Å². The molecule has 0 radical (unpaired) electrons. The molecule has 1 unspecified atom stereocenters. The normalized spacial score (nSPS) is 15.5. The van der Waals surface area contributed by atoms with Crippen molar-refractivity contribution in [1.82, 2.24) is 13.8 Å². The number of aliphatic hydroxyl groups is 2. The molecule has 2 aromatic carbocycles. The molecule has 228 valence electrons. The fourth-order valence-corrected chi connectivity index (χ4v) is 5.77. The summed E-state index contributed by atoms with van der Waals surface area (Å²) in [4.78, 5) is 3.12. The molecule has 1 aromatic heterocycles. The second-order valence-corrected chi connectivity index (χ2v) is 11.8. The van der Waals surface area contributed by atoms with E-state index in [1.807, 2.05) is 42.7 Å². The van der Waals surface area contributed by atoms with Crippen LogP contribution in [0.5, 0.6) is 5.75 Å². The van der Waals surface area contributed by atoms with Crippen molar-refractivity contribution < 1.29 is 28.1 Å². The number of nitrogens with zero attached hydrogens (tertiary/aromatic N) is 3. The molecule has 0 spiro atoms. The largest absolute Gasteiger partial charge is 0.495 e. The molecule has 0 bridgehead atoms. The van der Waals surface area contributed by atoms with E-state index in [2.05, 4.69) is 27.4 Å². The summed E-state index contributed by atoms with van der Waals surface area (Å²) in [5.41, 5.74) is 2.27. The number of nitrogens with one attached hydrogen (secondary N) is 2. The van der Waals surface area contributed by atoms with Gasteiger partial charge in [-0.3, -0.25) is 4.31 Å². The zero-order valence-electron chi connectivity index (χ0n) is 24.0. The number of hydrogen-bond donors (Lipinski definition) is 4. The Kier molecular flexibility index (Phi) is 10.9. The molecule has 2 heterocycles. The lowest BCUT2D eigenvalue weighted by Crippen LogP contribution is -2.43. The number of ether oxygens (including phenoxy) is 1. The van der Waals surface area contributed by atoms with E-state index in [4.69, 9.17) is 9.84 Å². The number of halogens is 3. The van der Waals surface area contributed by atoms with Crippen molar-refractivity contribution in [3.8, 4) is 17.6 Å². The highest BCUT2D eigenvalue weighted by Gasteiger charge is 2.30. The molecule has 0 saturated carbocycles. The average molecular weight is 606 g/mol. The van der Waals surface area contributed by atoms with Crippen molar-refractivity contribution in [2.45, 2.75) is 42.6 Å². The molecular formula is C30H38F3N5O3S. The van der Waals surface area contributed by atoms with Gasteiger partial charge in [0.05, 0.1) is 43.3 Å². The van der Waals surface area contributed by atoms with E-state index in [1.165, 1.54) is 4.57 Å². The number of aliphatic hydroxyl groups excluding tert-OH is 2. The minimum atomic E-state index is -4.41. The van der Waals surface area contributed by atoms with E-state index >= 15 is 0 Å². The number of piperidine rings is 1. The van der Waals surface area contributed by atoms with Crippen LogP contribution < -0.4 is 15.4 Å². The summed E-state index contributed by atoms with van der Waals surface area (Å²) in [6.45, 7) is 0.745. The lowest BCUT2D eigenvalue weighted by atomic mass is 10.0. The van der Waals surface area contributed by atoms with Crippen LogP contribution in [0.1, 0.15) is 18.5 Å². The predicted octanol–water partition coefficient (Wildman–Crippen LogP) is 4.47. The fraction of sp³-hybridized carbons (Fsp3) is 0.467. The van der Waals surface area contributed by atoms with Crippen LogP contribution in [0.25, 0.3) is 10.9 Å². The summed E-state index contributed by atoms with van der Waals surface area (Å²) in [6.07, 6.45) is -3.54. The molecule has 42 heavy (non-hydrogen) atoms. The van der Waals surface area contributed by atoms with Crippen LogP contribution in [-0.4, -0.2) is 96.3 Å². The van der Waals surface area contributed by atoms with Gasteiger partial charge in [-0.15, -0.1) is 0 Å². The Bertz CT molecular complexity index is 1390. The third-order valence-corrected chi connectivity index (χ3v) is 7.78. The zero-order valence-corrected chi connectivity index (χ0v) is 24.9. The second-order valence-electron chi connectivity index (χ2n) is 10.4. The van der Waals surface area contributed by atoms with Crippen molar-refractivity contribution in [3.05, 3.63) is 48.2 Å². The highest BCUT2D eigenvalue weighted by Crippen LogP contribution is 2.32. The average Bonchev–Trinajstić information content (AvgIpc) is 3.28. The van der Waals surface area contributed by atoms with Crippen LogP contribution in [0, 0.1) is 11.8 Å². The summed E-state index contributed by atoms with van der Waals surface area (Å²) in [5, 5.41) is 26.2. The van der Waals surface area contributed by atoms with Crippen molar-refractivity contribution in [1.29, 1.82) is 0 Å². The Morgan fingerprint density at radius 1 is 1.14 bits per heavy atom. The number of methoxy groups -OCH3 is 1. The molecule has 1 atom stereocenters. The Hall–Kier alpha value is -3.08. The summed E-state index contributed by atoms with van der Waals surface area (Å²) in [6, 6.07) is 13.0. The van der Waals surface area contributed by atoms with Gasteiger partial charge in [-0.2, -0.15) is 13.2 Å². The number of aromatic nitrogens is 1. The molecule has 4 rings (SSSR count). The van der Waals surface area contributed by atoms with Gasteiger partial charge in [0.2, 0.25) is 0 Å². The maximum absolute atomic E-state index is 13.6. The van der Waals surface area contributed by atoms with Crippen LogP contribution in [0.2, 0.25) is 0 Å². The van der Waals surface area contributed by atoms with E-state index in [9.17, 15) is 18.3 Å². The molecule has 8 nitrogen and oxygen atoms in total. The number of hydrogen-bond acceptors (Lipinski definition) is 8. The first-order valence-electron chi connectivity index (χ1n) is 13.8. The monoisotopic (exact) mass is 605 g/mol. The van der Waals surface area contributed by atoms with Crippen molar-refractivity contribution in [3.63, 3.8) is 0 Å². The van der Waals surface area contributed by atoms with E-state index in [0.717, 1.165) is 42.2 Å². The standard InChI is InChI=1S/C30H38F3N5O3S/c1-36(2)42-24-9-10-27(29(17-24)41-3)34-13-5-6-22-16-25-26(7-4-8-28(25)38(22)20-30(31,32)33)35-21-11-14-37(15-12-21)18-23(40)19-39/h4,7-10,16-17,21,23,34-35,39-40H,11-15,18-20H2,1-3H3. The van der Waals surface area contributed by atoms with Crippen LogP contribution in [0.15, 0.2) is 47.4 Å². The minimum Gasteiger partial charge on any atom is -0.495 e. The van der Waals surface area contributed by atoms with Crippen LogP contribution in [0.4, 0.5) is 24.5 Å². The molecule has 1 aliphatic rings. The first-order valence-corrected chi connectivity index (χ1v) is 14.6. The smallest absolute Gasteiger partial charge is 0.406 e. The zero-order chi connectivity index (χ0) is 30.3. The van der Waals surface area contributed by atoms with Crippen molar-refractivity contribution in [2.24, 2.45) is 0 Å². The maximum Gasteiger partial charge on any atom is 0.406 e. The maximum atomic E-state index is 13.6. The van der Waals surface area contributed by atoms with Crippen molar-refractivity contribution >= 4 is 34.2 Å². The highest BCUT2D eigenvalue weighted by atomic mass is 32.2. The highest BCUT2D eigenvalue weighted by molar-refractivity contribution is 7.97. The lowest BCUT2D eigenvalue weighted by Gasteiger charge is -2.33. The third-order valence-electron chi connectivity index (χ3n) is 6.95. The summed E-state index contributed by atoms with van der Waals surface area (Å²) in [7, 11) is 5.49. The Labute approximate surface area is 248 Å². The fourth-order valence-electron chi connectivity index (χ4n) is 5.06. The lowest BCUT2D eigenvalue weighted by molar-refractivity contribution is -0.140. The predicted molar refractivity (Wildman–Crippen MR) is 162 cm³/mol. The summed E-state index contributed by atoms with van der Waals surface area (Å²) in [5.74, 6) is 6.58. The second kappa shape index (κ2) is 14.4. The Balaban J connectivity index is 1.51. The van der Waals surface area contributed by atoms with Gasteiger partial charge in [-0.05, 0) is 81.2 Å². The SMILES string of the molecule is COc1cc(SN(C)C)ccc1NCC#Cc1cc2c(NC3CCN(CC(O)CO)CC3)cccc2n1CC(F)(F)F. The molecule has 1 saturated heterocycles. The summed E-state index contributed by atoms with van der Waals surface area (Å²) >= 11 is 1.56. The molecule has 0 aliphatic carbocycles. The van der Waals surface area contributed by atoms with E-state index in [0.29, 0.717) is 23.2 Å². The van der Waals surface area contributed by atoms with Gasteiger partial charge in [-0.1, -0.05) is 12.0 Å². The molecule has 3 aromatic rings. The third kappa shape index (κ3) is 8.72. The number of benzene rings is 2. The number of fused-ring (bicyclic) bond motifs is 1. The van der Waals surface area contributed by atoms with E-state index in [1.54, 1.807) is 37.3 Å². The number of alkyl halides is 3. The minimum absolute atomic E-state index is 0.139. The number of rotatable bonds is 11. The molecular weight excluding hydrogens is 567 g/mol. The van der Waals surface area contributed by atoms with Gasteiger partial charge < -0.3 is 35.1 Å². The van der Waals surface area contributed by atoms with Gasteiger partial charge in [0, 0.05) is 41.6 Å². The van der Waals surface area contributed by atoms with Gasteiger partial charge in [0.15, 0.2) is 0 Å². The first-order chi connectivity index (χ1) is 20.1. The molecule has 1 fully saturated rings. The van der Waals surface area contributed by atoms with Gasteiger partial charge in [0.1, 0.15) is 12.3 Å². The number of β-amino-alcohol motifs (C(OH)–C–C–N with tert-alkyl or cyclic N) is 1. The van der Waals surface area contributed by atoms with Crippen LogP contribution in [0.3, 0.4) is 0 Å². The Morgan fingerprint density at radius 2 is 1.90 bits per heavy atom. The van der Waals surface area contributed by atoms with Crippen LogP contribution >= 0.6 is 11.9 Å². The topological polar surface area (TPSA) is 85.2 Å². The Morgan fingerprint density at radius 3 is 2.57 bits per heavy atom. The van der Waals surface area contributed by atoms with Crippen LogP contribution in [-0.2, 0) is 6.54 Å². The van der Waals surface area contributed by atoms with Gasteiger partial charge in [-0.25, -0.2) is 0 Å². The molecule has 1 aliphatic heterocycles. The quantitative estimate of drug-likeness (QED) is 0.188. The molecule has 4 N–H and O–H groups in total. The van der Waals surface area contributed by atoms with E-state index < -0.39 is 18.8 Å². The number of anilines is 2. The van der Waals surface area contributed by atoms with Crippen molar-refractivity contribution in [2.75, 3.05) is 64.6 Å².